The zero-order valence-corrected chi connectivity index (χ0v) is 16.9. The first kappa shape index (κ1) is 23.8. The Morgan fingerprint density at radius 3 is 2.31 bits per heavy atom. The van der Waals surface area contributed by atoms with Crippen LogP contribution in [-0.2, 0) is 9.59 Å². The van der Waals surface area contributed by atoms with Gasteiger partial charge in [0.1, 0.15) is 0 Å². The number of nitrogens with one attached hydrogen (secondary N) is 3. The van der Waals surface area contributed by atoms with Gasteiger partial charge in [0.15, 0.2) is 0 Å². The summed E-state index contributed by atoms with van der Waals surface area (Å²) < 4.78 is 0. The Labute approximate surface area is 182 Å². The molecule has 2 aromatic carbocycles. The molecule has 0 bridgehead atoms. The Hall–Kier alpha value is -4.48. The SMILES string of the molecule is NN=Cc1ccc(NC(=O)NCC(C(=O)NCCC(=O)O)c2ccc([N+](=O)[O-])cc2)cc1. The van der Waals surface area contributed by atoms with Gasteiger partial charge in [0, 0.05) is 30.9 Å². The van der Waals surface area contributed by atoms with Crippen LogP contribution in [0.25, 0.3) is 0 Å². The van der Waals surface area contributed by atoms with Crippen LogP contribution in [-0.4, -0.2) is 47.2 Å². The minimum absolute atomic E-state index is 0.0949. The zero-order chi connectivity index (χ0) is 23.5. The Morgan fingerprint density at radius 1 is 1.09 bits per heavy atom. The quantitative estimate of drug-likeness (QED) is 0.159. The maximum atomic E-state index is 12.6. The Morgan fingerprint density at radius 2 is 1.75 bits per heavy atom. The number of carboxylic acids is 1. The third-order valence-electron chi connectivity index (χ3n) is 4.32. The van der Waals surface area contributed by atoms with Gasteiger partial charge in [-0.25, -0.2) is 4.79 Å². The molecule has 2 rings (SSSR count). The number of nitro groups is 1. The lowest BCUT2D eigenvalue weighted by atomic mass is 9.97. The molecule has 0 saturated carbocycles. The lowest BCUT2D eigenvalue weighted by Crippen LogP contribution is -2.39. The Balaban J connectivity index is 2.05. The van der Waals surface area contributed by atoms with E-state index in [2.05, 4.69) is 21.1 Å². The summed E-state index contributed by atoms with van der Waals surface area (Å²) in [5.74, 6) is 2.60. The number of nitro benzene ring substituents is 1. The van der Waals surface area contributed by atoms with Crippen LogP contribution >= 0.6 is 0 Å². The maximum absolute atomic E-state index is 12.6. The molecule has 0 spiro atoms. The van der Waals surface area contributed by atoms with Gasteiger partial charge in [-0.3, -0.25) is 19.7 Å². The normalized spacial score (nSPS) is 11.5. The van der Waals surface area contributed by atoms with Crippen molar-refractivity contribution in [2.45, 2.75) is 12.3 Å². The number of urea groups is 1. The van der Waals surface area contributed by atoms with E-state index in [9.17, 15) is 24.5 Å². The molecule has 0 aromatic heterocycles. The monoisotopic (exact) mass is 442 g/mol. The summed E-state index contributed by atoms with van der Waals surface area (Å²) in [6, 6.07) is 11.4. The summed E-state index contributed by atoms with van der Waals surface area (Å²) in [5.41, 5.74) is 1.52. The largest absolute Gasteiger partial charge is 0.481 e. The first-order valence-corrected chi connectivity index (χ1v) is 9.42. The number of benzene rings is 2. The molecule has 1 unspecified atom stereocenters. The van der Waals surface area contributed by atoms with Gasteiger partial charge in [0.2, 0.25) is 5.91 Å². The fourth-order valence-corrected chi connectivity index (χ4v) is 2.71. The highest BCUT2D eigenvalue weighted by Gasteiger charge is 2.22. The van der Waals surface area contributed by atoms with E-state index in [4.69, 9.17) is 10.9 Å². The van der Waals surface area contributed by atoms with E-state index < -0.39 is 28.7 Å². The second-order valence-corrected chi connectivity index (χ2v) is 6.57. The number of nitrogens with two attached hydrogens (primary N) is 1. The molecule has 2 aromatic rings. The molecular formula is C20H22N6O6. The van der Waals surface area contributed by atoms with Gasteiger partial charge in [-0.1, -0.05) is 24.3 Å². The summed E-state index contributed by atoms with van der Waals surface area (Å²) in [4.78, 5) is 45.8. The zero-order valence-electron chi connectivity index (χ0n) is 16.9. The molecule has 6 N–H and O–H groups in total. The standard InChI is InChI=1S/C20H22N6O6/c21-24-11-13-1-5-15(6-2-13)25-20(30)23-12-17(19(29)22-10-9-18(27)28)14-3-7-16(8-4-14)26(31)32/h1-8,11,17H,9-10,12,21H2,(H,22,29)(H,27,28)(H2,23,25,30). The fraction of sp³-hybridized carbons (Fsp3) is 0.200. The Bertz CT molecular complexity index is 991. The summed E-state index contributed by atoms with van der Waals surface area (Å²) >= 11 is 0. The highest BCUT2D eigenvalue weighted by molar-refractivity contribution is 5.91. The molecule has 3 amide bonds. The number of hydrogen-bond donors (Lipinski definition) is 5. The van der Waals surface area contributed by atoms with Crippen molar-refractivity contribution in [3.8, 4) is 0 Å². The van der Waals surface area contributed by atoms with E-state index >= 15 is 0 Å². The molecule has 0 aliphatic rings. The number of hydrogen-bond acceptors (Lipinski definition) is 7. The number of nitrogens with zero attached hydrogens (tertiary/aromatic N) is 2. The number of anilines is 1. The van der Waals surface area contributed by atoms with Gasteiger partial charge in [-0.15, -0.1) is 0 Å². The van der Waals surface area contributed by atoms with Crippen molar-refractivity contribution in [1.29, 1.82) is 0 Å². The highest BCUT2D eigenvalue weighted by atomic mass is 16.6. The number of rotatable bonds is 10. The van der Waals surface area contributed by atoms with E-state index in [0.717, 1.165) is 5.56 Å². The number of carboxylic acid groups (broad SMARTS) is 1. The van der Waals surface area contributed by atoms with Crippen molar-refractivity contribution in [2.24, 2.45) is 10.9 Å². The van der Waals surface area contributed by atoms with Crippen molar-refractivity contribution in [3.05, 3.63) is 69.8 Å². The molecule has 0 fully saturated rings. The van der Waals surface area contributed by atoms with Crippen LogP contribution < -0.4 is 21.8 Å². The van der Waals surface area contributed by atoms with Crippen molar-refractivity contribution in [2.75, 3.05) is 18.4 Å². The van der Waals surface area contributed by atoms with Gasteiger partial charge in [0.05, 0.1) is 23.5 Å². The maximum Gasteiger partial charge on any atom is 0.319 e. The lowest BCUT2D eigenvalue weighted by Gasteiger charge is -2.18. The summed E-state index contributed by atoms with van der Waals surface area (Å²) in [5, 5.41) is 30.7. The second-order valence-electron chi connectivity index (χ2n) is 6.57. The predicted molar refractivity (Wildman–Crippen MR) is 116 cm³/mol. The van der Waals surface area contributed by atoms with Gasteiger partial charge in [-0.2, -0.15) is 5.10 Å². The number of non-ortho nitro benzene ring substituents is 1. The van der Waals surface area contributed by atoms with Crippen LogP contribution in [0.15, 0.2) is 53.6 Å². The van der Waals surface area contributed by atoms with Crippen LogP contribution in [0, 0.1) is 10.1 Å². The molecule has 32 heavy (non-hydrogen) atoms. The molecule has 0 aliphatic heterocycles. The minimum atomic E-state index is -1.07. The third-order valence-corrected chi connectivity index (χ3v) is 4.32. The number of hydrazone groups is 1. The summed E-state index contributed by atoms with van der Waals surface area (Å²) in [6.45, 7) is -0.219. The van der Waals surface area contributed by atoms with Gasteiger partial charge < -0.3 is 26.9 Å². The van der Waals surface area contributed by atoms with Crippen LogP contribution in [0.5, 0.6) is 0 Å². The fourth-order valence-electron chi connectivity index (χ4n) is 2.71. The molecule has 0 radical (unpaired) electrons. The van der Waals surface area contributed by atoms with Crippen LogP contribution in [0.4, 0.5) is 16.2 Å². The van der Waals surface area contributed by atoms with Crippen molar-refractivity contribution >= 4 is 35.5 Å². The average Bonchev–Trinajstić information content (AvgIpc) is 2.75. The molecular weight excluding hydrogens is 420 g/mol. The molecule has 0 saturated heterocycles. The topological polar surface area (TPSA) is 189 Å². The first-order valence-electron chi connectivity index (χ1n) is 9.42. The molecule has 12 nitrogen and oxygen atoms in total. The van der Waals surface area contributed by atoms with Crippen LogP contribution in [0.3, 0.4) is 0 Å². The Kier molecular flexibility index (Phi) is 8.66. The molecule has 0 heterocycles. The van der Waals surface area contributed by atoms with Crippen molar-refractivity contribution < 1.29 is 24.4 Å². The van der Waals surface area contributed by atoms with Gasteiger partial charge in [0.25, 0.3) is 5.69 Å². The number of carbonyl (C=O) groups excluding carboxylic acids is 2. The number of carbonyl (C=O) groups is 3. The lowest BCUT2D eigenvalue weighted by molar-refractivity contribution is -0.384. The van der Waals surface area contributed by atoms with E-state index in [1.165, 1.54) is 30.5 Å². The number of aliphatic carboxylic acids is 1. The second kappa shape index (κ2) is 11.6. The van der Waals surface area contributed by atoms with E-state index in [1.54, 1.807) is 24.3 Å². The first-order chi connectivity index (χ1) is 15.3. The highest BCUT2D eigenvalue weighted by Crippen LogP contribution is 2.20. The van der Waals surface area contributed by atoms with Crippen LogP contribution in [0.1, 0.15) is 23.5 Å². The molecule has 1 atom stereocenters. The third kappa shape index (κ3) is 7.40. The van der Waals surface area contributed by atoms with E-state index in [-0.39, 0.29) is 25.2 Å². The molecule has 168 valence electrons. The smallest absolute Gasteiger partial charge is 0.319 e. The predicted octanol–water partition coefficient (Wildman–Crippen LogP) is 1.38. The van der Waals surface area contributed by atoms with Gasteiger partial charge >= 0.3 is 12.0 Å². The van der Waals surface area contributed by atoms with Crippen molar-refractivity contribution in [3.63, 3.8) is 0 Å². The van der Waals surface area contributed by atoms with Crippen molar-refractivity contribution in [1.82, 2.24) is 10.6 Å². The number of amides is 3. The van der Waals surface area contributed by atoms with Gasteiger partial charge in [-0.05, 0) is 23.3 Å². The van der Waals surface area contributed by atoms with Crippen LogP contribution in [0.2, 0.25) is 0 Å². The summed E-state index contributed by atoms with van der Waals surface area (Å²) in [6.07, 6.45) is 1.18. The molecule has 0 aliphatic carbocycles. The average molecular weight is 442 g/mol. The molecule has 12 heteroatoms. The van der Waals surface area contributed by atoms with E-state index in [0.29, 0.717) is 11.3 Å². The van der Waals surface area contributed by atoms with E-state index in [1.807, 2.05) is 0 Å². The summed E-state index contributed by atoms with van der Waals surface area (Å²) in [7, 11) is 0. The minimum Gasteiger partial charge on any atom is -0.481 e.